The molecule has 0 aliphatic rings. The second kappa shape index (κ2) is 13.8. The molecule has 0 unspecified atom stereocenters. The Bertz CT molecular complexity index is 3980. The normalized spacial score (nSPS) is 14.0. The van der Waals surface area contributed by atoms with Gasteiger partial charge in [-0.05, 0) is 119 Å². The van der Waals surface area contributed by atoms with Crippen molar-refractivity contribution in [2.24, 2.45) is 0 Å². The quantitative estimate of drug-likeness (QED) is 0.166. The van der Waals surface area contributed by atoms with Crippen LogP contribution in [0.2, 0.25) is 0 Å². The second-order valence-corrected chi connectivity index (χ2v) is 19.7. The summed E-state index contributed by atoms with van der Waals surface area (Å²) in [6.07, 6.45) is 0. The largest absolute Gasteiger partial charge is 0.310 e. The highest BCUT2D eigenvalue weighted by atomic mass is 15.2. The molecule has 4 nitrogen and oxygen atoms in total. The van der Waals surface area contributed by atoms with Crippen molar-refractivity contribution < 1.29 is 8.22 Å². The van der Waals surface area contributed by atoms with E-state index in [2.05, 4.69) is 104 Å². The monoisotopic (exact) mass is 856 g/mol. The number of anilines is 6. The first kappa shape index (κ1) is 32.8. The van der Waals surface area contributed by atoms with Crippen LogP contribution in [0.1, 0.15) is 60.9 Å². The molecule has 0 aliphatic carbocycles. The molecular weight excluding hydrogens is 801 g/mol. The Balaban J connectivity index is 1.23. The lowest BCUT2D eigenvalue weighted by atomic mass is 9.86. The van der Waals surface area contributed by atoms with Crippen molar-refractivity contribution in [1.29, 1.82) is 0 Å². The van der Waals surface area contributed by atoms with E-state index < -0.39 is 10.8 Å². The van der Waals surface area contributed by atoms with Crippen molar-refractivity contribution in [2.75, 3.05) is 9.80 Å². The van der Waals surface area contributed by atoms with Crippen molar-refractivity contribution in [3.63, 3.8) is 0 Å². The summed E-state index contributed by atoms with van der Waals surface area (Å²) >= 11 is 0. The summed E-state index contributed by atoms with van der Waals surface area (Å²) in [6.45, 7) is 12.1. The van der Waals surface area contributed by atoms with Gasteiger partial charge in [-0.2, -0.15) is 0 Å². The number of hydrogen-bond donors (Lipinski definition) is 0. The lowest BCUT2D eigenvalue weighted by molar-refractivity contribution is 0.591. The standard InChI is InChI=1S/C62H50N4/c1-61(2,3)39-27-31-51-49(35-39)57-53(63(41-19-11-7-12-20-41)42-21-13-8-14-22-42)33-29-45-47-38-56-48(37-55(47)65(51)59(45)57)46-30-34-54(64(43-23-15-9-16-24-43)44-25-17-10-18-26-44)58-50-36-40(62(4,5)6)28-32-52(50)66(56)60(46)58/h7-38H,1-6H3/i27D,28D,31D,32D,35D,36D. The van der Waals surface area contributed by atoms with E-state index in [1.165, 1.54) is 0 Å². The van der Waals surface area contributed by atoms with Crippen LogP contribution in [-0.4, -0.2) is 8.80 Å². The van der Waals surface area contributed by atoms with Crippen molar-refractivity contribution in [3.05, 3.63) is 205 Å². The van der Waals surface area contributed by atoms with Crippen LogP contribution in [0, 0.1) is 0 Å². The number of benzene rings is 9. The van der Waals surface area contributed by atoms with Gasteiger partial charge in [-0.25, -0.2) is 0 Å². The molecule has 0 amide bonds. The van der Waals surface area contributed by atoms with E-state index in [-0.39, 0.29) is 36.3 Å². The van der Waals surface area contributed by atoms with Gasteiger partial charge >= 0.3 is 0 Å². The fourth-order valence-electron chi connectivity index (χ4n) is 10.4. The molecule has 4 heterocycles. The summed E-state index contributed by atoms with van der Waals surface area (Å²) in [5, 5.41) is 6.63. The van der Waals surface area contributed by atoms with Crippen LogP contribution in [0.3, 0.4) is 0 Å². The minimum absolute atomic E-state index is 0.0517. The molecule has 4 aromatic heterocycles. The maximum Gasteiger partial charge on any atom is 0.0645 e. The molecule has 0 saturated heterocycles. The number of aromatic nitrogens is 2. The molecular formula is C62H50N4. The lowest BCUT2D eigenvalue weighted by Gasteiger charge is -2.26. The molecule has 318 valence electrons. The first-order chi connectivity index (χ1) is 34.6. The van der Waals surface area contributed by atoms with E-state index in [0.29, 0.717) is 32.9 Å². The van der Waals surface area contributed by atoms with Crippen LogP contribution in [0.4, 0.5) is 34.1 Å². The Labute approximate surface area is 393 Å². The first-order valence-corrected chi connectivity index (χ1v) is 22.8. The molecule has 0 bridgehead atoms. The van der Waals surface area contributed by atoms with Gasteiger partial charge in [0.25, 0.3) is 0 Å². The van der Waals surface area contributed by atoms with Crippen molar-refractivity contribution in [2.45, 2.75) is 52.4 Å². The molecule has 0 fully saturated rings. The maximum absolute atomic E-state index is 10.1. The highest BCUT2D eigenvalue weighted by Crippen LogP contribution is 2.52. The van der Waals surface area contributed by atoms with Crippen molar-refractivity contribution in [3.8, 4) is 0 Å². The number of hydrogen-bond acceptors (Lipinski definition) is 2. The molecule has 13 rings (SSSR count). The zero-order valence-corrected chi connectivity index (χ0v) is 37.8. The Hall–Kier alpha value is -7.82. The fraction of sp³-hybridized carbons (Fsp3) is 0.129. The smallest absolute Gasteiger partial charge is 0.0645 e. The summed E-state index contributed by atoms with van der Waals surface area (Å²) < 4.78 is 63.5. The van der Waals surface area contributed by atoms with Gasteiger partial charge in [-0.15, -0.1) is 0 Å². The average molecular weight is 857 g/mol. The number of fused-ring (bicyclic) bond motifs is 12. The van der Waals surface area contributed by atoms with Crippen LogP contribution >= 0.6 is 0 Å². The Morgan fingerprint density at radius 1 is 0.364 bits per heavy atom. The van der Waals surface area contributed by atoms with Crippen molar-refractivity contribution >= 4 is 110 Å². The number of rotatable bonds is 6. The van der Waals surface area contributed by atoms with Gasteiger partial charge in [-0.3, -0.25) is 0 Å². The summed E-state index contributed by atoms with van der Waals surface area (Å²) in [6, 6.07) is 54.7. The van der Waals surface area contributed by atoms with Gasteiger partial charge in [-0.1, -0.05) is 139 Å². The second-order valence-electron chi connectivity index (χ2n) is 19.7. The molecule has 0 spiro atoms. The van der Waals surface area contributed by atoms with Crippen LogP contribution in [0.5, 0.6) is 0 Å². The molecule has 0 aliphatic heterocycles. The molecule has 4 heteroatoms. The topological polar surface area (TPSA) is 15.3 Å². The number of nitrogens with zero attached hydrogens (tertiary/aromatic N) is 4. The summed E-state index contributed by atoms with van der Waals surface area (Å²) in [5.74, 6) is 0. The van der Waals surface area contributed by atoms with Crippen LogP contribution in [0.25, 0.3) is 76.2 Å². The lowest BCUT2D eigenvalue weighted by Crippen LogP contribution is -2.11. The van der Waals surface area contributed by atoms with Gasteiger partial charge in [0.1, 0.15) is 0 Å². The van der Waals surface area contributed by atoms with Crippen LogP contribution in [0.15, 0.2) is 194 Å². The van der Waals surface area contributed by atoms with E-state index >= 15 is 0 Å². The summed E-state index contributed by atoms with van der Waals surface area (Å²) in [5.41, 5.74) is 9.85. The van der Waals surface area contributed by atoms with E-state index in [1.807, 2.05) is 114 Å². The van der Waals surface area contributed by atoms with Gasteiger partial charge in [0.15, 0.2) is 0 Å². The van der Waals surface area contributed by atoms with Gasteiger partial charge in [0, 0.05) is 65.8 Å². The number of para-hydroxylation sites is 4. The summed E-state index contributed by atoms with van der Waals surface area (Å²) in [4.78, 5) is 4.45. The minimum Gasteiger partial charge on any atom is -0.310 e. The molecule has 9 aromatic carbocycles. The first-order valence-electron chi connectivity index (χ1n) is 25.8. The highest BCUT2D eigenvalue weighted by Gasteiger charge is 2.29. The molecule has 0 radical (unpaired) electrons. The molecule has 66 heavy (non-hydrogen) atoms. The fourth-order valence-corrected chi connectivity index (χ4v) is 10.4. The maximum atomic E-state index is 10.1. The van der Waals surface area contributed by atoms with Gasteiger partial charge < -0.3 is 18.6 Å². The van der Waals surface area contributed by atoms with Gasteiger partial charge in [0.2, 0.25) is 0 Å². The van der Waals surface area contributed by atoms with E-state index in [1.54, 1.807) is 0 Å². The third-order valence-electron chi connectivity index (χ3n) is 13.5. The Morgan fingerprint density at radius 2 is 0.697 bits per heavy atom. The Kier molecular flexibility index (Phi) is 6.87. The zero-order valence-electron chi connectivity index (χ0n) is 43.8. The van der Waals surface area contributed by atoms with Crippen LogP contribution < -0.4 is 9.80 Å². The van der Waals surface area contributed by atoms with E-state index in [4.69, 9.17) is 0 Å². The predicted molar refractivity (Wildman–Crippen MR) is 283 cm³/mol. The third-order valence-corrected chi connectivity index (χ3v) is 13.5. The molecule has 0 atom stereocenters. The average Bonchev–Trinajstić information content (AvgIpc) is 4.10. The van der Waals surface area contributed by atoms with Crippen LogP contribution in [-0.2, 0) is 10.8 Å². The molecule has 0 N–H and O–H groups in total. The zero-order chi connectivity index (χ0) is 49.9. The van der Waals surface area contributed by atoms with Crippen molar-refractivity contribution in [1.82, 2.24) is 8.80 Å². The summed E-state index contributed by atoms with van der Waals surface area (Å²) in [7, 11) is 0. The highest BCUT2D eigenvalue weighted by molar-refractivity contribution is 6.32. The minimum atomic E-state index is -0.585. The predicted octanol–water partition coefficient (Wildman–Crippen LogP) is 17.5. The van der Waals surface area contributed by atoms with Gasteiger partial charge in [0.05, 0.1) is 52.7 Å². The molecule has 13 aromatic rings. The molecule has 0 saturated carbocycles. The SMILES string of the molecule is [2H]c1c(C(C)(C)C)c([2H])c2c3c(N(c4ccccc4)c4ccccc4)ccc4c5cc6c(cc5n(c2c1[2H])c43)c1ccc(N(c2ccccc2)c2ccccc2)c2c3c([2H])c(C(C)(C)C)c([2H])c([2H])c3n6c12. The third kappa shape index (κ3) is 5.51. The Morgan fingerprint density at radius 3 is 1.02 bits per heavy atom. The van der Waals surface area contributed by atoms with E-state index in [0.717, 1.165) is 88.5 Å². The van der Waals surface area contributed by atoms with E-state index in [9.17, 15) is 8.22 Å².